The summed E-state index contributed by atoms with van der Waals surface area (Å²) in [4.78, 5) is 24.4. The fourth-order valence-corrected chi connectivity index (χ4v) is 2.89. The first-order valence-corrected chi connectivity index (χ1v) is 9.75. The van der Waals surface area contributed by atoms with Crippen molar-refractivity contribution in [3.63, 3.8) is 0 Å². The molecule has 3 aromatic carbocycles. The number of nitrogens with zero attached hydrogens (tertiary/aromatic N) is 1. The van der Waals surface area contributed by atoms with Crippen LogP contribution in [0.15, 0.2) is 77.9 Å². The first-order valence-electron chi connectivity index (χ1n) is 9.38. The molecule has 1 amide bonds. The molecular formula is C23H17ClN2O5. The molecule has 0 saturated carbocycles. The van der Waals surface area contributed by atoms with Gasteiger partial charge in [0.05, 0.1) is 11.8 Å². The van der Waals surface area contributed by atoms with Crippen molar-refractivity contribution in [2.75, 3.05) is 6.61 Å². The minimum atomic E-state index is -0.790. The lowest BCUT2D eigenvalue weighted by Gasteiger charge is -2.24. The monoisotopic (exact) mass is 436 g/mol. The topological polar surface area (TPSA) is 86.2 Å². The fraction of sp³-hybridized carbons (Fsp3) is 0.0870. The molecule has 7 nitrogen and oxygen atoms in total. The molecule has 8 heteroatoms. The fourth-order valence-electron chi connectivity index (χ4n) is 2.77. The van der Waals surface area contributed by atoms with E-state index in [0.717, 1.165) is 0 Å². The SMILES string of the molecule is O=C(Oc1ccc(/C=N\NC(=O)C2COc3ccccc3O2)cc1)c1ccc(Cl)cc1. The molecule has 0 saturated heterocycles. The Morgan fingerprint density at radius 2 is 1.71 bits per heavy atom. The summed E-state index contributed by atoms with van der Waals surface area (Å²) in [7, 11) is 0. The van der Waals surface area contributed by atoms with Gasteiger partial charge in [-0.05, 0) is 66.2 Å². The Balaban J connectivity index is 1.29. The highest BCUT2D eigenvalue weighted by atomic mass is 35.5. The number of fused-ring (bicyclic) bond motifs is 1. The molecule has 0 bridgehead atoms. The second kappa shape index (κ2) is 9.32. The lowest BCUT2D eigenvalue weighted by atomic mass is 10.2. The number of ether oxygens (including phenoxy) is 3. The van der Waals surface area contributed by atoms with Gasteiger partial charge in [-0.2, -0.15) is 5.10 Å². The second-order valence-electron chi connectivity index (χ2n) is 6.56. The molecule has 156 valence electrons. The van der Waals surface area contributed by atoms with Gasteiger partial charge in [-0.3, -0.25) is 4.79 Å². The van der Waals surface area contributed by atoms with E-state index in [1.165, 1.54) is 6.21 Å². The van der Waals surface area contributed by atoms with E-state index in [9.17, 15) is 9.59 Å². The van der Waals surface area contributed by atoms with Crippen LogP contribution in [0.2, 0.25) is 5.02 Å². The highest BCUT2D eigenvalue weighted by Gasteiger charge is 2.26. The number of hydrogen-bond donors (Lipinski definition) is 1. The number of benzene rings is 3. The van der Waals surface area contributed by atoms with Crippen molar-refractivity contribution in [3.05, 3.63) is 88.9 Å². The summed E-state index contributed by atoms with van der Waals surface area (Å²) in [5, 5.41) is 4.48. The summed E-state index contributed by atoms with van der Waals surface area (Å²) in [6.07, 6.45) is 0.682. The zero-order valence-corrected chi connectivity index (χ0v) is 16.9. The van der Waals surface area contributed by atoms with E-state index >= 15 is 0 Å². The van der Waals surface area contributed by atoms with Gasteiger partial charge in [0.1, 0.15) is 12.4 Å². The maximum atomic E-state index is 12.2. The summed E-state index contributed by atoms with van der Waals surface area (Å²) < 4.78 is 16.5. The molecule has 31 heavy (non-hydrogen) atoms. The van der Waals surface area contributed by atoms with Gasteiger partial charge in [-0.25, -0.2) is 10.2 Å². The normalized spacial score (nSPS) is 14.8. The van der Waals surface area contributed by atoms with E-state index < -0.39 is 18.0 Å². The first kappa shape index (κ1) is 20.4. The zero-order valence-electron chi connectivity index (χ0n) is 16.2. The van der Waals surface area contributed by atoms with E-state index in [2.05, 4.69) is 10.5 Å². The maximum absolute atomic E-state index is 12.2. The van der Waals surface area contributed by atoms with Gasteiger partial charge in [0, 0.05) is 5.02 Å². The quantitative estimate of drug-likeness (QED) is 0.284. The highest BCUT2D eigenvalue weighted by molar-refractivity contribution is 6.30. The van der Waals surface area contributed by atoms with Crippen molar-refractivity contribution >= 4 is 29.7 Å². The molecule has 0 aliphatic carbocycles. The van der Waals surface area contributed by atoms with Crippen LogP contribution < -0.4 is 19.6 Å². The van der Waals surface area contributed by atoms with Crippen LogP contribution in [-0.2, 0) is 4.79 Å². The maximum Gasteiger partial charge on any atom is 0.343 e. The third-order valence-corrected chi connectivity index (χ3v) is 4.61. The van der Waals surface area contributed by atoms with Crippen LogP contribution in [-0.4, -0.2) is 30.8 Å². The Morgan fingerprint density at radius 3 is 2.45 bits per heavy atom. The van der Waals surface area contributed by atoms with Crippen molar-refractivity contribution in [2.24, 2.45) is 5.10 Å². The average Bonchev–Trinajstić information content (AvgIpc) is 2.80. The minimum Gasteiger partial charge on any atom is -0.485 e. The molecule has 0 fully saturated rings. The van der Waals surface area contributed by atoms with Crippen molar-refractivity contribution in [1.29, 1.82) is 0 Å². The Bertz CT molecular complexity index is 1110. The molecule has 1 aliphatic heterocycles. The Kier molecular flexibility index (Phi) is 6.14. The molecule has 1 N–H and O–H groups in total. The average molecular weight is 437 g/mol. The van der Waals surface area contributed by atoms with Gasteiger partial charge < -0.3 is 14.2 Å². The van der Waals surface area contributed by atoms with Crippen molar-refractivity contribution in [1.82, 2.24) is 5.43 Å². The van der Waals surface area contributed by atoms with E-state index in [4.69, 9.17) is 25.8 Å². The Labute approximate surface area is 183 Å². The van der Waals surface area contributed by atoms with Crippen molar-refractivity contribution in [2.45, 2.75) is 6.10 Å². The molecule has 0 aromatic heterocycles. The van der Waals surface area contributed by atoms with Gasteiger partial charge >= 0.3 is 5.97 Å². The van der Waals surface area contributed by atoms with Gasteiger partial charge in [-0.15, -0.1) is 0 Å². The molecule has 4 rings (SSSR count). The summed E-state index contributed by atoms with van der Waals surface area (Å²) in [6.45, 7) is 0.103. The molecule has 0 radical (unpaired) electrons. The standard InChI is InChI=1S/C23H17ClN2O5/c24-17-9-7-16(8-10-17)23(28)30-18-11-5-15(6-12-18)13-25-26-22(27)21-14-29-19-3-1-2-4-20(19)31-21/h1-13,21H,14H2,(H,26,27)/b25-13-. The van der Waals surface area contributed by atoms with E-state index in [1.807, 2.05) is 6.07 Å². The predicted octanol–water partition coefficient (Wildman–Crippen LogP) is 3.85. The molecule has 0 spiro atoms. The largest absolute Gasteiger partial charge is 0.485 e. The number of amides is 1. The third kappa shape index (κ3) is 5.21. The Hall–Kier alpha value is -3.84. The van der Waals surface area contributed by atoms with Gasteiger partial charge in [0.2, 0.25) is 6.10 Å². The minimum absolute atomic E-state index is 0.103. The van der Waals surface area contributed by atoms with Crippen LogP contribution in [0.5, 0.6) is 17.2 Å². The number of rotatable bonds is 5. The zero-order chi connectivity index (χ0) is 21.6. The predicted molar refractivity (Wildman–Crippen MR) is 115 cm³/mol. The van der Waals surface area contributed by atoms with Gasteiger partial charge in [0.25, 0.3) is 5.91 Å². The van der Waals surface area contributed by atoms with Crippen LogP contribution in [0, 0.1) is 0 Å². The van der Waals surface area contributed by atoms with Crippen molar-refractivity contribution < 1.29 is 23.8 Å². The molecular weight excluding hydrogens is 420 g/mol. The summed E-state index contributed by atoms with van der Waals surface area (Å²) in [6, 6.07) is 20.2. The Morgan fingerprint density at radius 1 is 1.00 bits per heavy atom. The number of carbonyl (C=O) groups excluding carboxylic acids is 2. The molecule has 3 aromatic rings. The second-order valence-corrected chi connectivity index (χ2v) is 7.00. The van der Waals surface area contributed by atoms with E-state index in [1.54, 1.807) is 66.7 Å². The number of carbonyl (C=O) groups is 2. The number of para-hydroxylation sites is 2. The molecule has 1 atom stereocenters. The number of hydrazone groups is 1. The lowest BCUT2D eigenvalue weighted by molar-refractivity contribution is -0.130. The smallest absolute Gasteiger partial charge is 0.343 e. The number of nitrogens with one attached hydrogen (secondary N) is 1. The third-order valence-electron chi connectivity index (χ3n) is 4.36. The number of hydrogen-bond acceptors (Lipinski definition) is 6. The number of halogens is 1. The van der Waals surface area contributed by atoms with Crippen LogP contribution in [0.1, 0.15) is 15.9 Å². The number of esters is 1. The van der Waals surface area contributed by atoms with Crippen LogP contribution in [0.25, 0.3) is 0 Å². The first-order chi connectivity index (χ1) is 15.1. The van der Waals surface area contributed by atoms with Gasteiger partial charge in [-0.1, -0.05) is 23.7 Å². The summed E-state index contributed by atoms with van der Waals surface area (Å²) >= 11 is 5.82. The lowest BCUT2D eigenvalue weighted by Crippen LogP contribution is -2.42. The van der Waals surface area contributed by atoms with Gasteiger partial charge in [0.15, 0.2) is 11.5 Å². The van der Waals surface area contributed by atoms with Crippen LogP contribution in [0.4, 0.5) is 0 Å². The van der Waals surface area contributed by atoms with E-state index in [0.29, 0.717) is 33.4 Å². The molecule has 1 heterocycles. The molecule has 1 unspecified atom stereocenters. The summed E-state index contributed by atoms with van der Waals surface area (Å²) in [5.41, 5.74) is 3.54. The van der Waals surface area contributed by atoms with Crippen LogP contribution >= 0.6 is 11.6 Å². The summed E-state index contributed by atoms with van der Waals surface area (Å²) in [5.74, 6) is 0.599. The van der Waals surface area contributed by atoms with Crippen LogP contribution in [0.3, 0.4) is 0 Å². The molecule has 1 aliphatic rings. The van der Waals surface area contributed by atoms with Crippen molar-refractivity contribution in [3.8, 4) is 17.2 Å². The van der Waals surface area contributed by atoms with E-state index in [-0.39, 0.29) is 6.61 Å². The highest BCUT2D eigenvalue weighted by Crippen LogP contribution is 2.30.